The van der Waals surface area contributed by atoms with Crippen LogP contribution in [0.4, 0.5) is 4.39 Å². The first-order valence-electron chi connectivity index (χ1n) is 8.79. The number of rotatable bonds is 3. The number of carbonyl (C=O) groups is 2. The van der Waals surface area contributed by atoms with Crippen LogP contribution in [0, 0.1) is 5.82 Å². The first-order valence-corrected chi connectivity index (χ1v) is 8.79. The summed E-state index contributed by atoms with van der Waals surface area (Å²) in [7, 11) is 0. The molecule has 2 amide bonds. The molecule has 1 saturated carbocycles. The van der Waals surface area contributed by atoms with Crippen LogP contribution in [-0.2, 0) is 16.8 Å². The molecule has 0 bridgehead atoms. The molecule has 2 N–H and O–H groups in total. The largest absolute Gasteiger partial charge is 0.491 e. The van der Waals surface area contributed by atoms with E-state index in [0.29, 0.717) is 25.4 Å². The minimum Gasteiger partial charge on any atom is -0.491 e. The summed E-state index contributed by atoms with van der Waals surface area (Å²) in [5.41, 5.74) is 2.94. The molecular weight excluding hydrogens is 351 g/mol. The highest BCUT2D eigenvalue weighted by molar-refractivity contribution is 5.94. The molecule has 0 saturated heterocycles. The third-order valence-corrected chi connectivity index (χ3v) is 5.25. The summed E-state index contributed by atoms with van der Waals surface area (Å²) < 4.78 is 18.9. The topological polar surface area (TPSA) is 78.9 Å². The normalized spacial score (nSPS) is 17.3. The molecule has 2 aromatic rings. The lowest BCUT2D eigenvalue weighted by molar-refractivity contribution is -0.134. The second-order valence-corrected chi connectivity index (χ2v) is 6.93. The molecule has 27 heavy (non-hydrogen) atoms. The quantitative estimate of drug-likeness (QED) is 0.642. The van der Waals surface area contributed by atoms with E-state index in [1.54, 1.807) is 40.7 Å². The summed E-state index contributed by atoms with van der Waals surface area (Å²) in [5, 5.41) is 8.77. The zero-order valence-corrected chi connectivity index (χ0v) is 14.6. The second-order valence-electron chi connectivity index (χ2n) is 6.93. The van der Waals surface area contributed by atoms with Crippen molar-refractivity contribution in [3.8, 4) is 5.75 Å². The molecule has 4 rings (SSSR count). The van der Waals surface area contributed by atoms with Crippen molar-refractivity contribution in [2.45, 2.75) is 24.8 Å². The van der Waals surface area contributed by atoms with E-state index < -0.39 is 11.3 Å². The maximum atomic E-state index is 13.2. The Morgan fingerprint density at radius 3 is 2.56 bits per heavy atom. The summed E-state index contributed by atoms with van der Waals surface area (Å²) in [6.07, 6.45) is 1.49. The molecule has 1 heterocycles. The van der Waals surface area contributed by atoms with E-state index in [1.165, 1.54) is 12.1 Å². The van der Waals surface area contributed by atoms with Crippen molar-refractivity contribution < 1.29 is 23.9 Å². The molecule has 140 valence electrons. The van der Waals surface area contributed by atoms with Gasteiger partial charge in [-0.2, -0.15) is 0 Å². The van der Waals surface area contributed by atoms with Crippen LogP contribution in [0.1, 0.15) is 34.3 Å². The van der Waals surface area contributed by atoms with Gasteiger partial charge in [0.05, 0.1) is 12.0 Å². The minimum absolute atomic E-state index is 0.0164. The van der Waals surface area contributed by atoms with Gasteiger partial charge in [-0.25, -0.2) is 9.87 Å². The molecular formula is C20H19FN2O4. The molecule has 1 fully saturated rings. The summed E-state index contributed by atoms with van der Waals surface area (Å²) in [4.78, 5) is 26.6. The van der Waals surface area contributed by atoms with Crippen molar-refractivity contribution in [3.63, 3.8) is 0 Å². The van der Waals surface area contributed by atoms with E-state index in [1.807, 2.05) is 0 Å². The number of halogens is 1. The number of hydrogen-bond acceptors (Lipinski definition) is 4. The van der Waals surface area contributed by atoms with E-state index in [9.17, 15) is 14.0 Å². The molecule has 1 aliphatic heterocycles. The van der Waals surface area contributed by atoms with Gasteiger partial charge in [-0.05, 0) is 42.7 Å². The van der Waals surface area contributed by atoms with E-state index in [0.717, 1.165) is 24.0 Å². The smallest absolute Gasteiger partial charge is 0.274 e. The van der Waals surface area contributed by atoms with Gasteiger partial charge >= 0.3 is 0 Å². The highest BCUT2D eigenvalue weighted by Gasteiger charge is 2.53. The first-order chi connectivity index (χ1) is 13.0. The average molecular weight is 370 g/mol. The van der Waals surface area contributed by atoms with Crippen LogP contribution in [0.2, 0.25) is 0 Å². The van der Waals surface area contributed by atoms with Gasteiger partial charge in [-0.3, -0.25) is 14.8 Å². The van der Waals surface area contributed by atoms with Crippen LogP contribution >= 0.6 is 0 Å². The number of carbonyl (C=O) groups excluding carboxylic acids is 2. The Hall–Kier alpha value is -2.93. The SMILES string of the molecule is O=C(NO)c1ccc2c(c1)OCCN(C(=O)C1(c3ccc(F)cc3)CC1)C2. The van der Waals surface area contributed by atoms with Crippen LogP contribution in [-0.4, -0.2) is 35.1 Å². The van der Waals surface area contributed by atoms with Crippen LogP contribution in [0.15, 0.2) is 42.5 Å². The van der Waals surface area contributed by atoms with E-state index in [4.69, 9.17) is 9.94 Å². The number of amides is 2. The number of fused-ring (bicyclic) bond motifs is 1. The van der Waals surface area contributed by atoms with E-state index in [-0.39, 0.29) is 17.3 Å². The number of nitrogens with zero attached hydrogens (tertiary/aromatic N) is 1. The Morgan fingerprint density at radius 2 is 1.89 bits per heavy atom. The lowest BCUT2D eigenvalue weighted by Crippen LogP contribution is -2.40. The van der Waals surface area contributed by atoms with Crippen LogP contribution in [0.3, 0.4) is 0 Å². The maximum absolute atomic E-state index is 13.2. The fourth-order valence-electron chi connectivity index (χ4n) is 3.57. The number of hydrogen-bond donors (Lipinski definition) is 2. The van der Waals surface area contributed by atoms with Crippen molar-refractivity contribution in [2.75, 3.05) is 13.2 Å². The Bertz CT molecular complexity index is 893. The van der Waals surface area contributed by atoms with Crippen molar-refractivity contribution in [3.05, 3.63) is 65.0 Å². The number of ether oxygens (including phenoxy) is 1. The summed E-state index contributed by atoms with van der Waals surface area (Å²) in [5.74, 6) is -0.394. The maximum Gasteiger partial charge on any atom is 0.274 e. The molecule has 0 atom stereocenters. The standard InChI is InChI=1S/C20H19FN2O4/c21-16-5-3-15(4-6-16)20(7-8-20)19(25)23-9-10-27-17-11-13(18(24)22-26)1-2-14(17)12-23/h1-6,11,26H,7-10,12H2,(H,22,24). The van der Waals surface area contributed by atoms with Crippen LogP contribution in [0.25, 0.3) is 0 Å². The van der Waals surface area contributed by atoms with Gasteiger partial charge in [0, 0.05) is 17.7 Å². The molecule has 7 heteroatoms. The molecule has 0 radical (unpaired) electrons. The van der Waals surface area contributed by atoms with Gasteiger partial charge < -0.3 is 9.64 Å². The van der Waals surface area contributed by atoms with Crippen LogP contribution in [0.5, 0.6) is 5.75 Å². The molecule has 6 nitrogen and oxygen atoms in total. The van der Waals surface area contributed by atoms with Gasteiger partial charge in [-0.1, -0.05) is 18.2 Å². The zero-order chi connectivity index (χ0) is 19.0. The number of hydroxylamine groups is 1. The predicted octanol–water partition coefficient (Wildman–Crippen LogP) is 2.40. The molecule has 2 aromatic carbocycles. The average Bonchev–Trinajstić information content (AvgIpc) is 3.51. The highest BCUT2D eigenvalue weighted by Crippen LogP contribution is 2.50. The Morgan fingerprint density at radius 1 is 1.15 bits per heavy atom. The Kier molecular flexibility index (Phi) is 4.31. The summed E-state index contributed by atoms with van der Waals surface area (Å²) >= 11 is 0. The van der Waals surface area contributed by atoms with Crippen molar-refractivity contribution in [2.24, 2.45) is 0 Å². The lowest BCUT2D eigenvalue weighted by atomic mass is 9.94. The highest BCUT2D eigenvalue weighted by atomic mass is 19.1. The Labute approximate surface area is 155 Å². The van der Waals surface area contributed by atoms with Crippen molar-refractivity contribution in [1.82, 2.24) is 10.4 Å². The van der Waals surface area contributed by atoms with E-state index >= 15 is 0 Å². The monoisotopic (exact) mass is 370 g/mol. The van der Waals surface area contributed by atoms with Gasteiger partial charge in [-0.15, -0.1) is 0 Å². The predicted molar refractivity (Wildman–Crippen MR) is 93.9 cm³/mol. The second kappa shape index (κ2) is 6.66. The van der Waals surface area contributed by atoms with Crippen molar-refractivity contribution >= 4 is 11.8 Å². The molecule has 2 aliphatic rings. The summed E-state index contributed by atoms with van der Waals surface area (Å²) in [6.45, 7) is 1.11. The lowest BCUT2D eigenvalue weighted by Gasteiger charge is -2.26. The molecule has 0 aromatic heterocycles. The molecule has 1 aliphatic carbocycles. The fraction of sp³-hybridized carbons (Fsp3) is 0.300. The number of nitrogens with one attached hydrogen (secondary N) is 1. The van der Waals surface area contributed by atoms with Gasteiger partial charge in [0.2, 0.25) is 5.91 Å². The molecule has 0 unspecified atom stereocenters. The van der Waals surface area contributed by atoms with Crippen LogP contribution < -0.4 is 10.2 Å². The molecule has 0 spiro atoms. The zero-order valence-electron chi connectivity index (χ0n) is 14.6. The number of benzene rings is 2. The van der Waals surface area contributed by atoms with Gasteiger partial charge in [0.1, 0.15) is 18.2 Å². The summed E-state index contributed by atoms with van der Waals surface area (Å²) in [6, 6.07) is 11.0. The van der Waals surface area contributed by atoms with Crippen molar-refractivity contribution in [1.29, 1.82) is 0 Å². The first kappa shape index (κ1) is 17.5. The third-order valence-electron chi connectivity index (χ3n) is 5.25. The van der Waals surface area contributed by atoms with E-state index in [2.05, 4.69) is 0 Å². The third kappa shape index (κ3) is 3.14. The minimum atomic E-state index is -0.619. The van der Waals surface area contributed by atoms with Gasteiger partial charge in [0.15, 0.2) is 0 Å². The Balaban J connectivity index is 1.57. The fourth-order valence-corrected chi connectivity index (χ4v) is 3.57. The van der Waals surface area contributed by atoms with Gasteiger partial charge in [0.25, 0.3) is 5.91 Å².